The molecule has 174 valence electrons. The third-order valence-electron chi connectivity index (χ3n) is 5.44. The van der Waals surface area contributed by atoms with Gasteiger partial charge in [0.25, 0.3) is 0 Å². The van der Waals surface area contributed by atoms with Gasteiger partial charge < -0.3 is 10.1 Å². The molecule has 1 N–H and O–H groups in total. The summed E-state index contributed by atoms with van der Waals surface area (Å²) in [6.07, 6.45) is 3.58. The zero-order valence-electron chi connectivity index (χ0n) is 19.6. The molecule has 7 heteroatoms. The Hall–Kier alpha value is -4.70. The molecular formula is C28H25N5O2. The van der Waals surface area contributed by atoms with Crippen LogP contribution in [0.3, 0.4) is 0 Å². The number of rotatable bonds is 8. The van der Waals surface area contributed by atoms with Gasteiger partial charge in [0.15, 0.2) is 0 Å². The van der Waals surface area contributed by atoms with Crippen LogP contribution in [0, 0.1) is 11.3 Å². The molecule has 0 aliphatic carbocycles. The van der Waals surface area contributed by atoms with Crippen molar-refractivity contribution in [1.29, 1.82) is 5.26 Å². The van der Waals surface area contributed by atoms with E-state index in [4.69, 9.17) is 4.74 Å². The van der Waals surface area contributed by atoms with E-state index in [2.05, 4.69) is 21.7 Å². The Bertz CT molecular complexity index is 1350. The van der Waals surface area contributed by atoms with Gasteiger partial charge in [-0.25, -0.2) is 4.68 Å². The quantitative estimate of drug-likeness (QED) is 0.271. The highest BCUT2D eigenvalue weighted by Gasteiger charge is 2.17. The molecule has 1 aromatic heterocycles. The third kappa shape index (κ3) is 5.81. The highest BCUT2D eigenvalue weighted by molar-refractivity contribution is 5.93. The normalized spacial score (nSPS) is 12.0. The largest absolute Gasteiger partial charge is 0.494 e. The lowest BCUT2D eigenvalue weighted by Crippen LogP contribution is -2.24. The zero-order chi connectivity index (χ0) is 24.6. The summed E-state index contributed by atoms with van der Waals surface area (Å²) >= 11 is 0. The van der Waals surface area contributed by atoms with E-state index in [1.54, 1.807) is 13.1 Å². The van der Waals surface area contributed by atoms with Crippen molar-refractivity contribution in [3.05, 3.63) is 96.2 Å². The zero-order valence-corrected chi connectivity index (χ0v) is 19.6. The molecule has 35 heavy (non-hydrogen) atoms. The summed E-state index contributed by atoms with van der Waals surface area (Å²) in [6, 6.07) is 26.2. The Morgan fingerprint density at radius 1 is 1.09 bits per heavy atom. The fourth-order valence-corrected chi connectivity index (χ4v) is 3.48. The van der Waals surface area contributed by atoms with Crippen molar-refractivity contribution < 1.29 is 9.53 Å². The molecule has 3 aromatic carbocycles. The van der Waals surface area contributed by atoms with Crippen LogP contribution in [0.5, 0.6) is 5.75 Å². The van der Waals surface area contributed by atoms with Crippen LogP contribution in [0.2, 0.25) is 0 Å². The van der Waals surface area contributed by atoms with Crippen molar-refractivity contribution >= 4 is 23.2 Å². The number of allylic oxidation sites excluding steroid dienone is 1. The molecule has 0 saturated heterocycles. The number of nitrogens with one attached hydrogen (secondary N) is 1. The van der Waals surface area contributed by atoms with Crippen LogP contribution in [0.4, 0.5) is 5.69 Å². The van der Waals surface area contributed by atoms with Gasteiger partial charge >= 0.3 is 0 Å². The summed E-state index contributed by atoms with van der Waals surface area (Å²) in [7, 11) is 0. The van der Waals surface area contributed by atoms with Crippen molar-refractivity contribution in [2.24, 2.45) is 0 Å². The van der Waals surface area contributed by atoms with Crippen molar-refractivity contribution in [1.82, 2.24) is 15.0 Å². The standard InChI is InChI=1S/C28H25N5O2/c1-3-35-26-15-9-21(10-16-26)17-24(18-29)22-11-13-23(14-12-22)27-19-33(32-31-27)20(2)28(34)30-25-7-5-4-6-8-25/h4-17,19-20H,3H2,1-2H3,(H,30,34)/b24-17+. The maximum absolute atomic E-state index is 12.6. The van der Waals surface area contributed by atoms with Crippen molar-refractivity contribution in [2.45, 2.75) is 19.9 Å². The molecule has 0 saturated carbocycles. The minimum atomic E-state index is -0.530. The number of aromatic nitrogens is 3. The van der Waals surface area contributed by atoms with Crippen LogP contribution in [0.25, 0.3) is 22.9 Å². The Morgan fingerprint density at radius 2 is 1.80 bits per heavy atom. The molecule has 1 heterocycles. The van der Waals surface area contributed by atoms with Gasteiger partial charge in [0.05, 0.1) is 24.4 Å². The van der Waals surface area contributed by atoms with E-state index in [0.717, 1.165) is 28.1 Å². The summed E-state index contributed by atoms with van der Waals surface area (Å²) in [4.78, 5) is 12.6. The average molecular weight is 464 g/mol. The topological polar surface area (TPSA) is 92.8 Å². The molecule has 1 amide bonds. The first-order valence-corrected chi connectivity index (χ1v) is 11.3. The van der Waals surface area contributed by atoms with Crippen LogP contribution in [0.1, 0.15) is 31.0 Å². The summed E-state index contributed by atoms with van der Waals surface area (Å²) < 4.78 is 7.00. The van der Waals surface area contributed by atoms with Gasteiger partial charge in [-0.2, -0.15) is 5.26 Å². The number of ether oxygens (including phenoxy) is 1. The number of hydrogen-bond donors (Lipinski definition) is 1. The summed E-state index contributed by atoms with van der Waals surface area (Å²) in [5, 5.41) is 20.9. The monoisotopic (exact) mass is 463 g/mol. The maximum atomic E-state index is 12.6. The van der Waals surface area contributed by atoms with Crippen molar-refractivity contribution in [2.75, 3.05) is 11.9 Å². The number of carbonyl (C=O) groups is 1. The van der Waals surface area contributed by atoms with Crippen LogP contribution in [-0.4, -0.2) is 27.5 Å². The lowest BCUT2D eigenvalue weighted by atomic mass is 10.0. The minimum absolute atomic E-state index is 0.180. The lowest BCUT2D eigenvalue weighted by Gasteiger charge is -2.11. The van der Waals surface area contributed by atoms with E-state index in [1.165, 1.54) is 4.68 Å². The molecule has 1 atom stereocenters. The molecule has 0 spiro atoms. The van der Waals surface area contributed by atoms with Gasteiger partial charge in [-0.1, -0.05) is 59.8 Å². The molecule has 1 unspecified atom stereocenters. The highest BCUT2D eigenvalue weighted by atomic mass is 16.5. The van der Waals surface area contributed by atoms with E-state index in [0.29, 0.717) is 17.9 Å². The highest BCUT2D eigenvalue weighted by Crippen LogP contribution is 2.24. The lowest BCUT2D eigenvalue weighted by molar-refractivity contribution is -0.119. The Morgan fingerprint density at radius 3 is 2.46 bits per heavy atom. The van der Waals surface area contributed by atoms with E-state index < -0.39 is 6.04 Å². The number of amides is 1. The summed E-state index contributed by atoms with van der Waals surface area (Å²) in [5.41, 5.74) is 4.48. The SMILES string of the molecule is CCOc1ccc(/C=C(\C#N)c2ccc(-c3cn(C(C)C(=O)Nc4ccccc4)nn3)cc2)cc1. The molecule has 4 rings (SSSR count). The van der Waals surface area contributed by atoms with Crippen molar-refractivity contribution in [3.63, 3.8) is 0 Å². The summed E-state index contributed by atoms with van der Waals surface area (Å²) in [5.74, 6) is 0.619. The van der Waals surface area contributed by atoms with Gasteiger partial charge in [0.1, 0.15) is 17.5 Å². The fraction of sp³-hybridized carbons (Fsp3) is 0.143. The molecule has 0 bridgehead atoms. The van der Waals surface area contributed by atoms with Gasteiger partial charge in [-0.15, -0.1) is 5.10 Å². The Labute approximate surface area is 204 Å². The van der Waals surface area contributed by atoms with E-state index in [9.17, 15) is 10.1 Å². The predicted octanol–water partition coefficient (Wildman–Crippen LogP) is 5.61. The van der Waals surface area contributed by atoms with E-state index in [1.807, 2.05) is 91.9 Å². The second-order valence-electron chi connectivity index (χ2n) is 7.86. The number of carbonyl (C=O) groups excluding carboxylic acids is 1. The van der Waals surface area contributed by atoms with Gasteiger partial charge in [-0.3, -0.25) is 4.79 Å². The second-order valence-corrected chi connectivity index (χ2v) is 7.86. The van der Waals surface area contributed by atoms with E-state index in [-0.39, 0.29) is 5.91 Å². The molecule has 0 radical (unpaired) electrons. The Balaban J connectivity index is 1.46. The van der Waals surface area contributed by atoms with Crippen molar-refractivity contribution in [3.8, 4) is 23.1 Å². The summed E-state index contributed by atoms with van der Waals surface area (Å²) in [6.45, 7) is 4.32. The Kier molecular flexibility index (Phi) is 7.34. The van der Waals surface area contributed by atoms with Crippen LogP contribution >= 0.6 is 0 Å². The molecule has 4 aromatic rings. The molecule has 0 aliphatic rings. The number of anilines is 1. The third-order valence-corrected chi connectivity index (χ3v) is 5.44. The smallest absolute Gasteiger partial charge is 0.249 e. The first kappa shape index (κ1) is 23.5. The molecule has 7 nitrogen and oxygen atoms in total. The second kappa shape index (κ2) is 10.9. The fourth-order valence-electron chi connectivity index (χ4n) is 3.48. The predicted molar refractivity (Wildman–Crippen MR) is 136 cm³/mol. The van der Waals surface area contributed by atoms with Gasteiger partial charge in [0.2, 0.25) is 5.91 Å². The number of nitriles is 1. The van der Waals surface area contributed by atoms with E-state index >= 15 is 0 Å². The van der Waals surface area contributed by atoms with Gasteiger partial charge in [-0.05, 0) is 55.3 Å². The average Bonchev–Trinajstić information content (AvgIpc) is 3.39. The number of nitrogens with zero attached hydrogens (tertiary/aromatic N) is 4. The number of para-hydroxylation sites is 1. The van der Waals surface area contributed by atoms with Gasteiger partial charge in [0, 0.05) is 11.3 Å². The number of benzene rings is 3. The first-order valence-electron chi connectivity index (χ1n) is 11.3. The maximum Gasteiger partial charge on any atom is 0.249 e. The molecule has 0 fully saturated rings. The van der Waals surface area contributed by atoms with Crippen LogP contribution in [-0.2, 0) is 4.79 Å². The van der Waals surface area contributed by atoms with Crippen LogP contribution in [0.15, 0.2) is 85.1 Å². The molecule has 0 aliphatic heterocycles. The minimum Gasteiger partial charge on any atom is -0.494 e. The number of hydrogen-bond acceptors (Lipinski definition) is 5. The van der Waals surface area contributed by atoms with Crippen LogP contribution < -0.4 is 10.1 Å². The molecular weight excluding hydrogens is 438 g/mol. The first-order chi connectivity index (χ1) is 17.1.